The Hall–Kier alpha value is -2.67. The quantitative estimate of drug-likeness (QED) is 0.324. The Morgan fingerprint density at radius 1 is 1.09 bits per heavy atom. The second-order valence-corrected chi connectivity index (χ2v) is 9.97. The minimum Gasteiger partial charge on any atom is -0.365 e. The van der Waals surface area contributed by atoms with E-state index in [4.69, 9.17) is 35.4 Å². The molecule has 4 rings (SSSR count). The molecule has 0 unspecified atom stereocenters. The summed E-state index contributed by atoms with van der Waals surface area (Å²) in [6.45, 7) is 8.35. The maximum Gasteiger partial charge on any atom is 0.270 e. The standard InChI is InChI=1S/C25H23Cl2N3O2S/c1-13-9-20-16(14(2)12-25(3,4)29(20)5)10-15(13)11-17-22(31)28-24(33)30(23(17)32)19-8-6-7-18(26)21(19)27/h6-12H,1-5H3,(H,28,31,33)/b17-11+. The van der Waals surface area contributed by atoms with E-state index < -0.39 is 11.8 Å². The second kappa shape index (κ2) is 8.28. The van der Waals surface area contributed by atoms with Crippen molar-refractivity contribution in [1.82, 2.24) is 5.32 Å². The van der Waals surface area contributed by atoms with Crippen LogP contribution in [0.1, 0.15) is 37.5 Å². The average molecular weight is 500 g/mol. The summed E-state index contributed by atoms with van der Waals surface area (Å²) in [6.07, 6.45) is 3.81. The zero-order chi connectivity index (χ0) is 24.2. The fourth-order valence-electron chi connectivity index (χ4n) is 4.17. The Morgan fingerprint density at radius 3 is 2.48 bits per heavy atom. The van der Waals surface area contributed by atoms with Gasteiger partial charge in [0.2, 0.25) is 0 Å². The van der Waals surface area contributed by atoms with Crippen molar-refractivity contribution in [2.45, 2.75) is 33.2 Å². The number of carbonyl (C=O) groups is 2. The van der Waals surface area contributed by atoms with Gasteiger partial charge in [-0.2, -0.15) is 0 Å². The highest BCUT2D eigenvalue weighted by atomic mass is 35.5. The number of fused-ring (bicyclic) bond motifs is 1. The number of thiocarbonyl (C=S) groups is 1. The first-order valence-corrected chi connectivity index (χ1v) is 11.5. The van der Waals surface area contributed by atoms with E-state index in [1.165, 1.54) is 4.90 Å². The van der Waals surface area contributed by atoms with Gasteiger partial charge in [0.1, 0.15) is 5.57 Å². The molecule has 2 aromatic carbocycles. The molecule has 33 heavy (non-hydrogen) atoms. The molecule has 0 radical (unpaired) electrons. The molecular formula is C25H23Cl2N3O2S. The first-order valence-electron chi connectivity index (χ1n) is 10.4. The molecule has 0 aromatic heterocycles. The molecule has 1 saturated heterocycles. The number of nitrogens with one attached hydrogen (secondary N) is 1. The van der Waals surface area contributed by atoms with Crippen molar-refractivity contribution in [3.63, 3.8) is 0 Å². The molecule has 0 spiro atoms. The predicted molar refractivity (Wildman–Crippen MR) is 140 cm³/mol. The van der Waals surface area contributed by atoms with Gasteiger partial charge in [-0.15, -0.1) is 0 Å². The minimum absolute atomic E-state index is 0.0335. The lowest BCUT2D eigenvalue weighted by molar-refractivity contribution is -0.122. The van der Waals surface area contributed by atoms with E-state index in [-0.39, 0.29) is 26.3 Å². The van der Waals surface area contributed by atoms with Crippen molar-refractivity contribution in [1.29, 1.82) is 0 Å². The van der Waals surface area contributed by atoms with Gasteiger partial charge >= 0.3 is 0 Å². The summed E-state index contributed by atoms with van der Waals surface area (Å²) >= 11 is 17.7. The number of amides is 2. The topological polar surface area (TPSA) is 52.7 Å². The zero-order valence-corrected chi connectivity index (χ0v) is 21.2. The smallest absolute Gasteiger partial charge is 0.270 e. The van der Waals surface area contributed by atoms with Gasteiger partial charge < -0.3 is 4.90 Å². The molecular weight excluding hydrogens is 477 g/mol. The first kappa shape index (κ1) is 23.5. The fourth-order valence-corrected chi connectivity index (χ4v) is 4.82. The number of carbonyl (C=O) groups excluding carboxylic acids is 2. The molecule has 0 bridgehead atoms. The molecule has 5 nitrogen and oxygen atoms in total. The lowest BCUT2D eigenvalue weighted by Crippen LogP contribution is -2.54. The highest BCUT2D eigenvalue weighted by molar-refractivity contribution is 7.80. The van der Waals surface area contributed by atoms with E-state index in [1.54, 1.807) is 24.3 Å². The van der Waals surface area contributed by atoms with E-state index in [1.807, 2.05) is 13.0 Å². The number of anilines is 2. The van der Waals surface area contributed by atoms with Gasteiger partial charge in [-0.1, -0.05) is 35.3 Å². The summed E-state index contributed by atoms with van der Waals surface area (Å²) in [6, 6.07) is 9.01. The number of likely N-dealkylation sites (N-methyl/N-ethyl adjacent to an activating group) is 1. The Bertz CT molecular complexity index is 1300. The number of hydrogen-bond acceptors (Lipinski definition) is 4. The molecule has 8 heteroatoms. The van der Waals surface area contributed by atoms with E-state index in [9.17, 15) is 9.59 Å². The number of allylic oxidation sites excluding steroid dienone is 1. The van der Waals surface area contributed by atoms with Crippen LogP contribution in [0.3, 0.4) is 0 Å². The molecule has 2 aromatic rings. The van der Waals surface area contributed by atoms with Crippen LogP contribution in [0.25, 0.3) is 11.6 Å². The number of hydrogen-bond donors (Lipinski definition) is 1. The van der Waals surface area contributed by atoms with Gasteiger partial charge in [0.25, 0.3) is 11.8 Å². The second-order valence-electron chi connectivity index (χ2n) is 8.80. The molecule has 2 aliphatic rings. The van der Waals surface area contributed by atoms with Crippen LogP contribution < -0.4 is 15.1 Å². The fraction of sp³-hybridized carbons (Fsp3) is 0.240. The molecule has 0 atom stereocenters. The van der Waals surface area contributed by atoms with Gasteiger partial charge in [0, 0.05) is 18.3 Å². The number of aryl methyl sites for hydroxylation is 1. The van der Waals surface area contributed by atoms with E-state index in [2.05, 4.69) is 50.2 Å². The van der Waals surface area contributed by atoms with Crippen LogP contribution in [-0.4, -0.2) is 29.5 Å². The number of nitrogens with zero attached hydrogens (tertiary/aromatic N) is 2. The van der Waals surface area contributed by atoms with Crippen molar-refractivity contribution in [2.24, 2.45) is 0 Å². The molecule has 170 valence electrons. The molecule has 1 N–H and O–H groups in total. The van der Waals surface area contributed by atoms with Crippen LogP contribution in [-0.2, 0) is 9.59 Å². The van der Waals surface area contributed by atoms with Gasteiger partial charge in [-0.05, 0) is 87.0 Å². The van der Waals surface area contributed by atoms with Gasteiger partial charge in [0.05, 0.1) is 21.3 Å². The molecule has 1 fully saturated rings. The maximum atomic E-state index is 13.4. The number of halogens is 2. The van der Waals surface area contributed by atoms with Gasteiger partial charge in [-0.3, -0.25) is 19.8 Å². The van der Waals surface area contributed by atoms with Crippen LogP contribution in [0.15, 0.2) is 42.0 Å². The summed E-state index contributed by atoms with van der Waals surface area (Å²) in [5.41, 5.74) is 5.19. The summed E-state index contributed by atoms with van der Waals surface area (Å²) < 4.78 is 0. The third-order valence-electron chi connectivity index (χ3n) is 6.18. The molecule has 2 aliphatic heterocycles. The van der Waals surface area contributed by atoms with Crippen LogP contribution in [0.5, 0.6) is 0 Å². The van der Waals surface area contributed by atoms with Crippen LogP contribution in [0.2, 0.25) is 10.0 Å². The van der Waals surface area contributed by atoms with Crippen LogP contribution in [0.4, 0.5) is 11.4 Å². The Kier molecular flexibility index (Phi) is 5.89. The molecule has 2 heterocycles. The molecule has 0 saturated carbocycles. The largest absolute Gasteiger partial charge is 0.365 e. The highest BCUT2D eigenvalue weighted by Crippen LogP contribution is 2.40. The van der Waals surface area contributed by atoms with Crippen molar-refractivity contribution < 1.29 is 9.59 Å². The van der Waals surface area contributed by atoms with Crippen molar-refractivity contribution in [3.8, 4) is 0 Å². The molecule has 2 amide bonds. The third kappa shape index (κ3) is 3.97. The summed E-state index contributed by atoms with van der Waals surface area (Å²) in [5.74, 6) is -1.11. The predicted octanol–water partition coefficient (Wildman–Crippen LogP) is 5.76. The van der Waals surface area contributed by atoms with Crippen molar-refractivity contribution in [2.75, 3.05) is 16.8 Å². The maximum absolute atomic E-state index is 13.4. The SMILES string of the molecule is CC1=CC(C)(C)N(C)c2cc(C)c(/C=C3\C(=O)NC(=S)N(c4cccc(Cl)c4Cl)C3=O)cc21. The Morgan fingerprint density at radius 2 is 1.79 bits per heavy atom. The van der Waals surface area contributed by atoms with Crippen molar-refractivity contribution >= 4 is 75.4 Å². The van der Waals surface area contributed by atoms with Gasteiger partial charge in [0.15, 0.2) is 5.11 Å². The zero-order valence-electron chi connectivity index (χ0n) is 18.9. The molecule has 0 aliphatic carbocycles. The van der Waals surface area contributed by atoms with E-state index in [0.717, 1.165) is 28.0 Å². The third-order valence-corrected chi connectivity index (χ3v) is 7.27. The average Bonchev–Trinajstić information content (AvgIpc) is 2.72. The van der Waals surface area contributed by atoms with E-state index >= 15 is 0 Å². The normalized spacial score (nSPS) is 18.9. The monoisotopic (exact) mass is 499 g/mol. The van der Waals surface area contributed by atoms with Crippen molar-refractivity contribution in [3.05, 3.63) is 68.7 Å². The Labute approximate surface area is 208 Å². The number of rotatable bonds is 2. The summed E-state index contributed by atoms with van der Waals surface area (Å²) in [4.78, 5) is 29.6. The number of benzene rings is 2. The lowest BCUT2D eigenvalue weighted by atomic mass is 9.87. The summed E-state index contributed by atoms with van der Waals surface area (Å²) in [5, 5.41) is 3.01. The first-order chi connectivity index (χ1) is 15.4. The Balaban J connectivity index is 1.81. The lowest BCUT2D eigenvalue weighted by Gasteiger charge is -2.41. The van der Waals surface area contributed by atoms with Crippen LogP contribution in [0, 0.1) is 6.92 Å². The summed E-state index contributed by atoms with van der Waals surface area (Å²) in [7, 11) is 2.06. The van der Waals surface area contributed by atoms with Gasteiger partial charge in [-0.25, -0.2) is 0 Å². The van der Waals surface area contributed by atoms with E-state index in [0.29, 0.717) is 5.69 Å². The minimum atomic E-state index is -0.560. The van der Waals surface area contributed by atoms with Crippen LogP contribution >= 0.6 is 35.4 Å². The highest BCUT2D eigenvalue weighted by Gasteiger charge is 2.36.